The van der Waals surface area contributed by atoms with E-state index in [1.165, 1.54) is 22.3 Å². The van der Waals surface area contributed by atoms with Gasteiger partial charge >= 0.3 is 6.09 Å². The third-order valence-electron chi connectivity index (χ3n) is 6.07. The van der Waals surface area contributed by atoms with E-state index in [1.54, 1.807) is 12.0 Å². The lowest BCUT2D eigenvalue weighted by Crippen LogP contribution is -2.51. The van der Waals surface area contributed by atoms with E-state index in [2.05, 4.69) is 36.4 Å². The molecule has 4 rings (SSSR count). The Morgan fingerprint density at radius 1 is 1.07 bits per heavy atom. The van der Waals surface area contributed by atoms with Crippen LogP contribution in [0.1, 0.15) is 29.9 Å². The second-order valence-corrected chi connectivity index (χ2v) is 7.38. The quantitative estimate of drug-likeness (QED) is 0.844. The summed E-state index contributed by atoms with van der Waals surface area (Å²) in [7, 11) is 1.69. The molecule has 150 valence electrons. The Labute approximate surface area is 172 Å². The van der Waals surface area contributed by atoms with Crippen molar-refractivity contribution in [1.82, 2.24) is 4.90 Å². The third-order valence-corrected chi connectivity index (χ3v) is 6.07. The molecule has 1 aliphatic heterocycles. The van der Waals surface area contributed by atoms with Crippen molar-refractivity contribution in [3.8, 4) is 11.1 Å². The van der Waals surface area contributed by atoms with Crippen LogP contribution in [0.5, 0.6) is 0 Å². The number of benzene rings is 2. The predicted octanol–water partition coefficient (Wildman–Crippen LogP) is 3.80. The number of carbonyl (C=O) groups excluding carboxylic acids is 1. The molecule has 6 heteroatoms. The molecule has 1 aliphatic carbocycles. The maximum Gasteiger partial charge on any atom is 0.409 e. The summed E-state index contributed by atoms with van der Waals surface area (Å²) in [4.78, 5) is 14.4. The number of hydrogen-bond donors (Lipinski definition) is 1. The third kappa shape index (κ3) is 3.62. The van der Waals surface area contributed by atoms with E-state index in [1.807, 2.05) is 12.1 Å². The molecule has 1 heterocycles. The van der Waals surface area contributed by atoms with Gasteiger partial charge in [0, 0.05) is 32.7 Å². The van der Waals surface area contributed by atoms with Gasteiger partial charge < -0.3 is 20.1 Å². The highest BCUT2D eigenvalue weighted by atomic mass is 35.5. The van der Waals surface area contributed by atoms with Crippen LogP contribution in [0.4, 0.5) is 4.79 Å². The predicted molar refractivity (Wildman–Crippen MR) is 112 cm³/mol. The van der Waals surface area contributed by atoms with Gasteiger partial charge in [-0.15, -0.1) is 12.4 Å². The second-order valence-electron chi connectivity index (χ2n) is 7.38. The number of methoxy groups -OCH3 is 1. The summed E-state index contributed by atoms with van der Waals surface area (Å²) >= 11 is 0. The summed E-state index contributed by atoms with van der Waals surface area (Å²) in [6, 6.07) is 16.7. The minimum atomic E-state index is -0.305. The summed E-state index contributed by atoms with van der Waals surface area (Å²) in [5.74, 6) is 0.0910. The molecule has 0 atom stereocenters. The maximum absolute atomic E-state index is 12.6. The summed E-state index contributed by atoms with van der Waals surface area (Å²) in [6.45, 7) is 2.06. The highest BCUT2D eigenvalue weighted by Crippen LogP contribution is 2.44. The van der Waals surface area contributed by atoms with E-state index >= 15 is 0 Å². The van der Waals surface area contributed by atoms with Gasteiger partial charge in [-0.1, -0.05) is 48.5 Å². The van der Waals surface area contributed by atoms with Crippen molar-refractivity contribution >= 4 is 18.5 Å². The van der Waals surface area contributed by atoms with Gasteiger partial charge in [0.05, 0.1) is 5.60 Å². The lowest BCUT2D eigenvalue weighted by atomic mass is 9.91. The van der Waals surface area contributed by atoms with E-state index in [-0.39, 0.29) is 30.0 Å². The lowest BCUT2D eigenvalue weighted by molar-refractivity contribution is -0.0479. The largest absolute Gasteiger partial charge is 0.448 e. The molecule has 2 aromatic carbocycles. The molecule has 28 heavy (non-hydrogen) atoms. The van der Waals surface area contributed by atoms with Gasteiger partial charge in [-0.2, -0.15) is 0 Å². The fourth-order valence-corrected chi connectivity index (χ4v) is 4.27. The van der Waals surface area contributed by atoms with Crippen LogP contribution >= 0.6 is 12.4 Å². The van der Waals surface area contributed by atoms with Gasteiger partial charge in [0.15, 0.2) is 0 Å². The number of rotatable bonds is 4. The van der Waals surface area contributed by atoms with Crippen LogP contribution in [0.15, 0.2) is 48.5 Å². The minimum Gasteiger partial charge on any atom is -0.448 e. The first kappa shape index (κ1) is 20.6. The van der Waals surface area contributed by atoms with Crippen LogP contribution in [0.25, 0.3) is 11.1 Å². The van der Waals surface area contributed by atoms with Crippen LogP contribution in [0.2, 0.25) is 0 Å². The first-order chi connectivity index (χ1) is 13.2. The Kier molecular flexibility index (Phi) is 6.28. The zero-order chi connectivity index (χ0) is 18.9. The van der Waals surface area contributed by atoms with Crippen molar-refractivity contribution in [2.45, 2.75) is 24.4 Å². The molecule has 0 unspecified atom stereocenters. The normalized spacial score (nSPS) is 17.4. The number of hydrogen-bond acceptors (Lipinski definition) is 4. The van der Waals surface area contributed by atoms with Gasteiger partial charge in [0.1, 0.15) is 6.61 Å². The number of ether oxygens (including phenoxy) is 2. The zero-order valence-corrected chi connectivity index (χ0v) is 16.9. The molecule has 2 aliphatic rings. The highest BCUT2D eigenvalue weighted by Gasteiger charge is 2.36. The summed E-state index contributed by atoms with van der Waals surface area (Å²) in [6.07, 6.45) is 1.23. The van der Waals surface area contributed by atoms with Crippen molar-refractivity contribution in [3.05, 3.63) is 59.7 Å². The number of fused-ring (bicyclic) bond motifs is 3. The first-order valence-electron chi connectivity index (χ1n) is 9.52. The zero-order valence-electron chi connectivity index (χ0n) is 16.1. The molecular formula is C22H27ClN2O3. The Bertz CT molecular complexity index is 783. The number of carbonyl (C=O) groups is 1. The van der Waals surface area contributed by atoms with Crippen molar-refractivity contribution in [2.75, 3.05) is 33.4 Å². The molecule has 0 radical (unpaired) electrons. The fourth-order valence-electron chi connectivity index (χ4n) is 4.27. The molecule has 1 fully saturated rings. The van der Waals surface area contributed by atoms with Gasteiger partial charge in [0.2, 0.25) is 0 Å². The number of piperidine rings is 1. The first-order valence-corrected chi connectivity index (χ1v) is 9.52. The van der Waals surface area contributed by atoms with Gasteiger partial charge in [-0.05, 0) is 35.1 Å². The van der Waals surface area contributed by atoms with E-state index in [0.29, 0.717) is 26.2 Å². The number of halogens is 1. The average molecular weight is 403 g/mol. The van der Waals surface area contributed by atoms with Crippen LogP contribution < -0.4 is 5.73 Å². The maximum atomic E-state index is 12.6. The Balaban J connectivity index is 0.00000225. The monoisotopic (exact) mass is 402 g/mol. The summed E-state index contributed by atoms with van der Waals surface area (Å²) < 4.78 is 11.3. The molecule has 5 nitrogen and oxygen atoms in total. The second kappa shape index (κ2) is 8.52. The van der Waals surface area contributed by atoms with E-state index in [0.717, 1.165) is 12.8 Å². The number of nitrogens with two attached hydrogens (primary N) is 1. The molecule has 0 spiro atoms. The van der Waals surface area contributed by atoms with Crippen LogP contribution in [0.3, 0.4) is 0 Å². The van der Waals surface area contributed by atoms with Gasteiger partial charge in [-0.3, -0.25) is 0 Å². The van der Waals surface area contributed by atoms with Crippen LogP contribution in [-0.4, -0.2) is 49.9 Å². The molecule has 0 saturated carbocycles. The molecule has 0 bridgehead atoms. The van der Waals surface area contributed by atoms with Crippen molar-refractivity contribution in [2.24, 2.45) is 5.73 Å². The van der Waals surface area contributed by atoms with Crippen molar-refractivity contribution in [3.63, 3.8) is 0 Å². The fraction of sp³-hybridized carbons (Fsp3) is 0.409. The van der Waals surface area contributed by atoms with Crippen molar-refractivity contribution in [1.29, 1.82) is 0 Å². The number of nitrogens with zero attached hydrogens (tertiary/aromatic N) is 1. The SMILES string of the molecule is COC1(CN)CCN(C(=O)OCC2c3ccccc3-c3ccccc32)CC1.Cl. The summed E-state index contributed by atoms with van der Waals surface area (Å²) in [5.41, 5.74) is 10.5. The van der Waals surface area contributed by atoms with Crippen LogP contribution in [-0.2, 0) is 9.47 Å². The number of amides is 1. The van der Waals surface area contributed by atoms with Gasteiger partial charge in [-0.25, -0.2) is 4.79 Å². The Hall–Kier alpha value is -2.08. The topological polar surface area (TPSA) is 64.8 Å². The standard InChI is InChI=1S/C22H26N2O3.ClH/c1-26-22(15-23)10-12-24(13-11-22)21(25)27-14-20-18-8-4-2-6-16(18)17-7-3-5-9-19(17)20;/h2-9,20H,10-15,23H2,1H3;1H. The molecule has 0 aromatic heterocycles. The van der Waals surface area contributed by atoms with E-state index < -0.39 is 0 Å². The molecular weight excluding hydrogens is 376 g/mol. The lowest BCUT2D eigenvalue weighted by Gasteiger charge is -2.39. The Morgan fingerprint density at radius 2 is 1.61 bits per heavy atom. The minimum absolute atomic E-state index is 0. The molecule has 2 N–H and O–H groups in total. The molecule has 1 saturated heterocycles. The van der Waals surface area contributed by atoms with Gasteiger partial charge in [0.25, 0.3) is 0 Å². The highest BCUT2D eigenvalue weighted by molar-refractivity contribution is 5.85. The molecule has 1 amide bonds. The van der Waals surface area contributed by atoms with E-state index in [4.69, 9.17) is 15.2 Å². The van der Waals surface area contributed by atoms with Crippen molar-refractivity contribution < 1.29 is 14.3 Å². The van der Waals surface area contributed by atoms with E-state index in [9.17, 15) is 4.79 Å². The average Bonchev–Trinajstić information content (AvgIpc) is 3.06. The number of likely N-dealkylation sites (tertiary alicyclic amines) is 1. The Morgan fingerprint density at radius 3 is 2.11 bits per heavy atom. The molecule has 2 aromatic rings. The summed E-state index contributed by atoms with van der Waals surface area (Å²) in [5, 5.41) is 0. The smallest absolute Gasteiger partial charge is 0.409 e. The van der Waals surface area contributed by atoms with Crippen LogP contribution in [0, 0.1) is 0 Å².